The number of rotatable bonds is 6. The Morgan fingerprint density at radius 1 is 1.28 bits per heavy atom. The van der Waals surface area contributed by atoms with Crippen LogP contribution in [0.25, 0.3) is 0 Å². The lowest BCUT2D eigenvalue weighted by Crippen LogP contribution is -2.28. The van der Waals surface area contributed by atoms with Crippen molar-refractivity contribution in [3.05, 3.63) is 32.7 Å². The molecule has 0 spiro atoms. The van der Waals surface area contributed by atoms with E-state index in [1.807, 2.05) is 18.2 Å². The minimum Gasteiger partial charge on any atom is -0.481 e. The number of halogens is 2. The molecule has 0 bridgehead atoms. The predicted octanol–water partition coefficient (Wildman–Crippen LogP) is 3.80. The van der Waals surface area contributed by atoms with E-state index in [2.05, 4.69) is 37.2 Å². The summed E-state index contributed by atoms with van der Waals surface area (Å²) in [6, 6.07) is 6.07. The Kier molecular flexibility index (Phi) is 5.82. The highest BCUT2D eigenvalue weighted by Gasteiger charge is 2.25. The first-order chi connectivity index (χ1) is 8.31. The van der Waals surface area contributed by atoms with Gasteiger partial charge in [-0.1, -0.05) is 31.9 Å². The molecule has 0 atom stereocenters. The quantitative estimate of drug-likeness (QED) is 0.740. The maximum atomic E-state index is 10.9. The van der Waals surface area contributed by atoms with Gasteiger partial charge in [0.1, 0.15) is 0 Å². The molecule has 0 fully saturated rings. The second kappa shape index (κ2) is 6.68. The van der Waals surface area contributed by atoms with E-state index in [0.29, 0.717) is 13.0 Å². The first kappa shape index (κ1) is 15.7. The third-order valence-corrected chi connectivity index (χ3v) is 3.67. The third-order valence-electron chi connectivity index (χ3n) is 2.76. The number of hydrogen-bond donors (Lipinski definition) is 2. The van der Waals surface area contributed by atoms with Crippen LogP contribution >= 0.6 is 31.9 Å². The van der Waals surface area contributed by atoms with Gasteiger partial charge in [0.15, 0.2) is 0 Å². The van der Waals surface area contributed by atoms with Crippen molar-refractivity contribution in [1.82, 2.24) is 5.32 Å². The minimum atomic E-state index is -0.755. The summed E-state index contributed by atoms with van der Waals surface area (Å²) in [6.07, 6.45) is 0.609. The van der Waals surface area contributed by atoms with Gasteiger partial charge in [-0.15, -0.1) is 0 Å². The smallest absolute Gasteiger partial charge is 0.309 e. The molecule has 0 aliphatic rings. The molecule has 0 aromatic heterocycles. The van der Waals surface area contributed by atoms with Crippen molar-refractivity contribution in [3.8, 4) is 0 Å². The van der Waals surface area contributed by atoms with Crippen molar-refractivity contribution in [2.75, 3.05) is 6.54 Å². The Labute approximate surface area is 124 Å². The molecular weight excluding hydrogens is 362 g/mol. The number of carboxylic acid groups (broad SMARTS) is 1. The zero-order valence-corrected chi connectivity index (χ0v) is 13.6. The van der Waals surface area contributed by atoms with Crippen molar-refractivity contribution < 1.29 is 9.90 Å². The monoisotopic (exact) mass is 377 g/mol. The van der Waals surface area contributed by atoms with Crippen LogP contribution in [0.3, 0.4) is 0 Å². The van der Waals surface area contributed by atoms with Crippen LogP contribution in [0.4, 0.5) is 0 Å². The zero-order valence-electron chi connectivity index (χ0n) is 10.5. The van der Waals surface area contributed by atoms with Crippen molar-refractivity contribution in [1.29, 1.82) is 0 Å². The van der Waals surface area contributed by atoms with Gasteiger partial charge < -0.3 is 10.4 Å². The van der Waals surface area contributed by atoms with E-state index in [1.165, 1.54) is 0 Å². The fraction of sp³-hybridized carbons (Fsp3) is 0.462. The SMILES string of the molecule is CC(C)(CCNCc1cc(Br)cc(Br)c1)C(=O)O. The number of aliphatic carboxylic acids is 1. The Balaban J connectivity index is 2.40. The van der Waals surface area contributed by atoms with Gasteiger partial charge in [-0.05, 0) is 50.6 Å². The normalized spacial score (nSPS) is 11.6. The Morgan fingerprint density at radius 2 is 1.83 bits per heavy atom. The molecule has 0 radical (unpaired) electrons. The number of nitrogens with one attached hydrogen (secondary N) is 1. The van der Waals surface area contributed by atoms with Crippen LogP contribution in [0, 0.1) is 5.41 Å². The lowest BCUT2D eigenvalue weighted by atomic mass is 9.90. The third kappa shape index (κ3) is 5.08. The van der Waals surface area contributed by atoms with Crippen LogP contribution in [0.5, 0.6) is 0 Å². The summed E-state index contributed by atoms with van der Waals surface area (Å²) in [5.74, 6) is -0.755. The molecular formula is C13H17Br2NO2. The summed E-state index contributed by atoms with van der Waals surface area (Å²) < 4.78 is 2.05. The molecule has 0 heterocycles. The fourth-order valence-electron chi connectivity index (χ4n) is 1.45. The van der Waals surface area contributed by atoms with E-state index in [1.54, 1.807) is 13.8 Å². The second-order valence-corrected chi connectivity index (χ2v) is 6.72. The van der Waals surface area contributed by atoms with E-state index < -0.39 is 11.4 Å². The highest BCUT2D eigenvalue weighted by molar-refractivity contribution is 9.11. The van der Waals surface area contributed by atoms with Crippen LogP contribution in [0.1, 0.15) is 25.8 Å². The van der Waals surface area contributed by atoms with E-state index in [4.69, 9.17) is 5.11 Å². The first-order valence-electron chi connectivity index (χ1n) is 5.70. The Hall–Kier alpha value is -0.390. The molecule has 1 rings (SSSR count). The van der Waals surface area contributed by atoms with E-state index in [9.17, 15) is 4.79 Å². The molecule has 0 saturated heterocycles. The maximum absolute atomic E-state index is 10.9. The standard InChI is InChI=1S/C13H17Br2NO2/c1-13(2,12(17)18)3-4-16-8-9-5-10(14)7-11(15)6-9/h5-7,16H,3-4,8H2,1-2H3,(H,17,18). The number of benzene rings is 1. The Bertz CT molecular complexity index is 413. The van der Waals surface area contributed by atoms with Gasteiger partial charge in [0, 0.05) is 15.5 Å². The molecule has 0 aliphatic heterocycles. The highest BCUT2D eigenvalue weighted by atomic mass is 79.9. The van der Waals surface area contributed by atoms with Crippen molar-refractivity contribution >= 4 is 37.8 Å². The van der Waals surface area contributed by atoms with Crippen LogP contribution in [-0.2, 0) is 11.3 Å². The first-order valence-corrected chi connectivity index (χ1v) is 7.29. The lowest BCUT2D eigenvalue weighted by molar-refractivity contribution is -0.147. The van der Waals surface area contributed by atoms with Crippen molar-refractivity contribution in [2.45, 2.75) is 26.8 Å². The maximum Gasteiger partial charge on any atom is 0.309 e. The number of carboxylic acids is 1. The van der Waals surface area contributed by atoms with Gasteiger partial charge in [0.2, 0.25) is 0 Å². The number of carbonyl (C=O) groups is 1. The summed E-state index contributed by atoms with van der Waals surface area (Å²) in [4.78, 5) is 10.9. The van der Waals surface area contributed by atoms with E-state index in [0.717, 1.165) is 21.1 Å². The fourth-order valence-corrected chi connectivity index (χ4v) is 2.84. The van der Waals surface area contributed by atoms with Gasteiger partial charge in [0.05, 0.1) is 5.41 Å². The van der Waals surface area contributed by atoms with Crippen LogP contribution < -0.4 is 5.32 Å². The van der Waals surface area contributed by atoms with Crippen molar-refractivity contribution in [2.24, 2.45) is 5.41 Å². The lowest BCUT2D eigenvalue weighted by Gasteiger charge is -2.19. The Morgan fingerprint density at radius 3 is 2.33 bits per heavy atom. The molecule has 0 aliphatic carbocycles. The van der Waals surface area contributed by atoms with Gasteiger partial charge in [-0.3, -0.25) is 4.79 Å². The number of hydrogen-bond acceptors (Lipinski definition) is 2. The molecule has 5 heteroatoms. The molecule has 0 saturated carbocycles. The van der Waals surface area contributed by atoms with E-state index >= 15 is 0 Å². The highest BCUT2D eigenvalue weighted by Crippen LogP contribution is 2.21. The van der Waals surface area contributed by atoms with Gasteiger partial charge in [0.25, 0.3) is 0 Å². The summed E-state index contributed by atoms with van der Waals surface area (Å²) in [5.41, 5.74) is 0.481. The summed E-state index contributed by atoms with van der Waals surface area (Å²) >= 11 is 6.87. The average Bonchev–Trinajstić information content (AvgIpc) is 2.23. The largest absolute Gasteiger partial charge is 0.481 e. The molecule has 1 aromatic carbocycles. The average molecular weight is 379 g/mol. The van der Waals surface area contributed by atoms with Gasteiger partial charge >= 0.3 is 5.97 Å². The summed E-state index contributed by atoms with van der Waals surface area (Å²) in [7, 11) is 0. The van der Waals surface area contributed by atoms with Crippen molar-refractivity contribution in [3.63, 3.8) is 0 Å². The summed E-state index contributed by atoms with van der Waals surface area (Å²) in [5, 5.41) is 12.3. The zero-order chi connectivity index (χ0) is 13.8. The molecule has 2 N–H and O–H groups in total. The minimum absolute atomic E-state index is 0.609. The van der Waals surface area contributed by atoms with Gasteiger partial charge in [-0.25, -0.2) is 0 Å². The van der Waals surface area contributed by atoms with Crippen LogP contribution in [0.2, 0.25) is 0 Å². The molecule has 1 aromatic rings. The van der Waals surface area contributed by atoms with Crippen LogP contribution in [-0.4, -0.2) is 17.6 Å². The predicted molar refractivity (Wildman–Crippen MR) is 79.6 cm³/mol. The molecule has 0 amide bonds. The molecule has 0 unspecified atom stereocenters. The molecule has 18 heavy (non-hydrogen) atoms. The second-order valence-electron chi connectivity index (χ2n) is 4.89. The molecule has 100 valence electrons. The van der Waals surface area contributed by atoms with Crippen LogP contribution in [0.15, 0.2) is 27.1 Å². The van der Waals surface area contributed by atoms with E-state index in [-0.39, 0.29) is 0 Å². The topological polar surface area (TPSA) is 49.3 Å². The van der Waals surface area contributed by atoms with Gasteiger partial charge in [-0.2, -0.15) is 0 Å². The summed E-state index contributed by atoms with van der Waals surface area (Å²) in [6.45, 7) is 4.90. The molecule has 3 nitrogen and oxygen atoms in total.